The number of morpholine rings is 1. The van der Waals surface area contributed by atoms with E-state index in [4.69, 9.17) is 16.2 Å². The van der Waals surface area contributed by atoms with Crippen molar-refractivity contribution in [3.05, 3.63) is 23.8 Å². The van der Waals surface area contributed by atoms with Crippen molar-refractivity contribution in [2.45, 2.75) is 37.8 Å². The van der Waals surface area contributed by atoms with Crippen molar-refractivity contribution in [3.8, 4) is 0 Å². The molecule has 1 amide bonds. The molecule has 2 unspecified atom stereocenters. The summed E-state index contributed by atoms with van der Waals surface area (Å²) >= 11 is 0. The van der Waals surface area contributed by atoms with Crippen molar-refractivity contribution < 1.29 is 9.53 Å². The SMILES string of the molecule is NC(=O)c1cccc(N)c1N1CCOC2CCCCC21. The highest BCUT2D eigenvalue weighted by Crippen LogP contribution is 2.36. The first-order valence-electron chi connectivity index (χ1n) is 7.25. The summed E-state index contributed by atoms with van der Waals surface area (Å²) in [5.41, 5.74) is 13.5. The monoisotopic (exact) mass is 275 g/mol. The summed E-state index contributed by atoms with van der Waals surface area (Å²) in [7, 11) is 0. The first kappa shape index (κ1) is 13.2. The van der Waals surface area contributed by atoms with E-state index in [1.807, 2.05) is 6.07 Å². The van der Waals surface area contributed by atoms with Gasteiger partial charge in [-0.2, -0.15) is 0 Å². The van der Waals surface area contributed by atoms with Crippen LogP contribution >= 0.6 is 0 Å². The molecule has 0 spiro atoms. The average Bonchev–Trinajstić information content (AvgIpc) is 2.46. The second kappa shape index (κ2) is 5.32. The molecule has 0 aromatic heterocycles. The summed E-state index contributed by atoms with van der Waals surface area (Å²) in [6.45, 7) is 1.43. The molecule has 2 fully saturated rings. The van der Waals surface area contributed by atoms with Crippen LogP contribution in [0.2, 0.25) is 0 Å². The number of nitrogen functional groups attached to an aromatic ring is 1. The fraction of sp³-hybridized carbons (Fsp3) is 0.533. The van der Waals surface area contributed by atoms with Crippen molar-refractivity contribution in [3.63, 3.8) is 0 Å². The molecule has 20 heavy (non-hydrogen) atoms. The van der Waals surface area contributed by atoms with Gasteiger partial charge in [0, 0.05) is 6.54 Å². The molecule has 2 aliphatic rings. The molecule has 0 bridgehead atoms. The average molecular weight is 275 g/mol. The minimum absolute atomic E-state index is 0.248. The third kappa shape index (κ3) is 2.22. The van der Waals surface area contributed by atoms with Crippen LogP contribution in [0.5, 0.6) is 0 Å². The number of benzene rings is 1. The molecular weight excluding hydrogens is 254 g/mol. The number of hydrogen-bond acceptors (Lipinski definition) is 4. The Labute approximate surface area is 118 Å². The summed E-state index contributed by atoms with van der Waals surface area (Å²) in [5, 5.41) is 0. The number of ether oxygens (including phenoxy) is 1. The first-order chi connectivity index (χ1) is 9.68. The molecule has 1 heterocycles. The van der Waals surface area contributed by atoms with Crippen LogP contribution in [0.25, 0.3) is 0 Å². The Bertz CT molecular complexity index is 516. The normalized spacial score (nSPS) is 26.1. The van der Waals surface area contributed by atoms with Crippen molar-refractivity contribution in [2.75, 3.05) is 23.8 Å². The van der Waals surface area contributed by atoms with Crippen molar-refractivity contribution >= 4 is 17.3 Å². The molecule has 1 aromatic carbocycles. The molecule has 0 radical (unpaired) electrons. The molecule has 1 saturated carbocycles. The molecule has 4 N–H and O–H groups in total. The number of anilines is 2. The molecular formula is C15H21N3O2. The van der Waals surface area contributed by atoms with Gasteiger partial charge < -0.3 is 21.1 Å². The third-order valence-electron chi connectivity index (χ3n) is 4.35. The van der Waals surface area contributed by atoms with E-state index in [-0.39, 0.29) is 6.10 Å². The fourth-order valence-electron chi connectivity index (χ4n) is 3.45. The molecule has 3 rings (SSSR count). The van der Waals surface area contributed by atoms with Crippen molar-refractivity contribution in [1.29, 1.82) is 0 Å². The molecule has 1 aromatic rings. The second-order valence-corrected chi connectivity index (χ2v) is 5.56. The van der Waals surface area contributed by atoms with Gasteiger partial charge in [-0.15, -0.1) is 0 Å². The lowest BCUT2D eigenvalue weighted by molar-refractivity contribution is -0.00867. The van der Waals surface area contributed by atoms with Crippen molar-refractivity contribution in [2.24, 2.45) is 5.73 Å². The highest BCUT2D eigenvalue weighted by atomic mass is 16.5. The number of carbonyl (C=O) groups excluding carboxylic acids is 1. The van der Waals surface area contributed by atoms with E-state index in [1.54, 1.807) is 12.1 Å². The summed E-state index contributed by atoms with van der Waals surface area (Å²) < 4.78 is 5.88. The molecule has 1 saturated heterocycles. The van der Waals surface area contributed by atoms with Gasteiger partial charge in [0.2, 0.25) is 0 Å². The number of hydrogen-bond donors (Lipinski definition) is 2. The standard InChI is InChI=1S/C15H21N3O2/c16-11-5-3-4-10(15(17)19)14(11)18-8-9-20-13-7-2-1-6-12(13)18/h3-5,12-13H,1-2,6-9,16H2,(H2,17,19). The van der Waals surface area contributed by atoms with E-state index in [9.17, 15) is 4.79 Å². The minimum atomic E-state index is -0.425. The van der Waals surface area contributed by atoms with Gasteiger partial charge in [0.1, 0.15) is 0 Å². The number of primary amides is 1. The maximum absolute atomic E-state index is 11.7. The molecule has 108 valence electrons. The minimum Gasteiger partial charge on any atom is -0.397 e. The van der Waals surface area contributed by atoms with Gasteiger partial charge in [0.25, 0.3) is 5.91 Å². The first-order valence-corrected chi connectivity index (χ1v) is 7.25. The summed E-state index contributed by atoms with van der Waals surface area (Å²) in [6, 6.07) is 5.66. The van der Waals surface area contributed by atoms with Crippen LogP contribution in [0.3, 0.4) is 0 Å². The molecule has 5 nitrogen and oxygen atoms in total. The molecule has 1 aliphatic heterocycles. The van der Waals surface area contributed by atoms with Crippen molar-refractivity contribution in [1.82, 2.24) is 0 Å². The van der Waals surface area contributed by atoms with Gasteiger partial charge in [-0.3, -0.25) is 4.79 Å². The maximum Gasteiger partial charge on any atom is 0.250 e. The van der Waals surface area contributed by atoms with Crippen LogP contribution < -0.4 is 16.4 Å². The van der Waals surface area contributed by atoms with Crippen LogP contribution in [-0.2, 0) is 4.74 Å². The van der Waals surface area contributed by atoms with E-state index in [1.165, 1.54) is 12.8 Å². The fourth-order valence-corrected chi connectivity index (χ4v) is 3.45. The Morgan fingerprint density at radius 3 is 2.90 bits per heavy atom. The largest absolute Gasteiger partial charge is 0.397 e. The van der Waals surface area contributed by atoms with E-state index >= 15 is 0 Å². The van der Waals surface area contributed by atoms with E-state index < -0.39 is 5.91 Å². The predicted molar refractivity (Wildman–Crippen MR) is 78.7 cm³/mol. The van der Waals surface area contributed by atoms with Gasteiger partial charge in [0.05, 0.1) is 35.7 Å². The lowest BCUT2D eigenvalue weighted by Gasteiger charge is -2.45. The summed E-state index contributed by atoms with van der Waals surface area (Å²) in [5.74, 6) is -0.425. The predicted octanol–water partition coefficient (Wildman–Crippen LogP) is 1.52. The Morgan fingerprint density at radius 2 is 2.10 bits per heavy atom. The number of rotatable bonds is 2. The quantitative estimate of drug-likeness (QED) is 0.802. The lowest BCUT2D eigenvalue weighted by Crippen LogP contribution is -2.53. The number of fused-ring (bicyclic) bond motifs is 1. The topological polar surface area (TPSA) is 81.6 Å². The molecule has 5 heteroatoms. The Morgan fingerprint density at radius 1 is 1.30 bits per heavy atom. The van der Waals surface area contributed by atoms with Crippen LogP contribution in [0.4, 0.5) is 11.4 Å². The van der Waals surface area contributed by atoms with Crippen LogP contribution in [0.1, 0.15) is 36.0 Å². The zero-order chi connectivity index (χ0) is 14.1. The van der Waals surface area contributed by atoms with Crippen LogP contribution in [0.15, 0.2) is 18.2 Å². The third-order valence-corrected chi connectivity index (χ3v) is 4.35. The Kier molecular flexibility index (Phi) is 3.53. The number of nitrogens with zero attached hydrogens (tertiary/aromatic N) is 1. The van der Waals surface area contributed by atoms with Gasteiger partial charge in [0.15, 0.2) is 0 Å². The Balaban J connectivity index is 2.00. The number of nitrogens with two attached hydrogens (primary N) is 2. The van der Waals surface area contributed by atoms with E-state index in [0.717, 1.165) is 25.1 Å². The summed E-state index contributed by atoms with van der Waals surface area (Å²) in [6.07, 6.45) is 4.82. The highest BCUT2D eigenvalue weighted by molar-refractivity contribution is 6.01. The van der Waals surface area contributed by atoms with Gasteiger partial charge in [-0.1, -0.05) is 18.9 Å². The number of carbonyl (C=O) groups is 1. The van der Waals surface area contributed by atoms with Gasteiger partial charge in [-0.05, 0) is 25.0 Å². The maximum atomic E-state index is 11.7. The zero-order valence-electron chi connectivity index (χ0n) is 11.5. The van der Waals surface area contributed by atoms with Crippen LogP contribution in [-0.4, -0.2) is 31.2 Å². The smallest absolute Gasteiger partial charge is 0.250 e. The summed E-state index contributed by atoms with van der Waals surface area (Å²) in [4.78, 5) is 13.9. The van der Waals surface area contributed by atoms with E-state index in [0.29, 0.717) is 23.9 Å². The Hall–Kier alpha value is -1.75. The van der Waals surface area contributed by atoms with Gasteiger partial charge in [-0.25, -0.2) is 0 Å². The molecule has 1 aliphatic carbocycles. The highest BCUT2D eigenvalue weighted by Gasteiger charge is 2.36. The second-order valence-electron chi connectivity index (χ2n) is 5.56. The van der Waals surface area contributed by atoms with Crippen LogP contribution in [0, 0.1) is 0 Å². The number of para-hydroxylation sites is 1. The van der Waals surface area contributed by atoms with E-state index in [2.05, 4.69) is 4.90 Å². The van der Waals surface area contributed by atoms with Gasteiger partial charge >= 0.3 is 0 Å². The lowest BCUT2D eigenvalue weighted by atomic mass is 9.89. The number of amides is 1. The zero-order valence-corrected chi connectivity index (χ0v) is 11.5. The molecule has 2 atom stereocenters.